The molecule has 1 aliphatic heterocycles. The third-order valence-corrected chi connectivity index (χ3v) is 3.75. The maximum atomic E-state index is 12.6. The van der Waals surface area contributed by atoms with E-state index in [4.69, 9.17) is 5.11 Å². The SMILES string of the molecule is O=C(O)C1CN(CCCCc2cccc(C(F)(F)F)c2)C1. The lowest BCUT2D eigenvalue weighted by molar-refractivity contribution is -0.147. The highest BCUT2D eigenvalue weighted by Crippen LogP contribution is 2.29. The number of likely N-dealkylation sites (tertiary alicyclic amines) is 1. The van der Waals surface area contributed by atoms with Gasteiger partial charge in [-0.3, -0.25) is 4.79 Å². The highest BCUT2D eigenvalue weighted by Gasteiger charge is 2.32. The largest absolute Gasteiger partial charge is 0.481 e. The van der Waals surface area contributed by atoms with Gasteiger partial charge in [0.05, 0.1) is 11.5 Å². The number of nitrogens with zero attached hydrogens (tertiary/aromatic N) is 1. The van der Waals surface area contributed by atoms with Gasteiger partial charge in [-0.15, -0.1) is 0 Å². The van der Waals surface area contributed by atoms with E-state index in [2.05, 4.69) is 4.90 Å². The first-order valence-electron chi connectivity index (χ1n) is 6.97. The van der Waals surface area contributed by atoms with Gasteiger partial charge in [-0.25, -0.2) is 0 Å². The Balaban J connectivity index is 1.69. The molecule has 0 unspecified atom stereocenters. The fourth-order valence-electron chi connectivity index (χ4n) is 2.48. The Labute approximate surface area is 121 Å². The number of hydrogen-bond donors (Lipinski definition) is 1. The van der Waals surface area contributed by atoms with Gasteiger partial charge in [-0.2, -0.15) is 13.2 Å². The fraction of sp³-hybridized carbons (Fsp3) is 0.533. The van der Waals surface area contributed by atoms with Crippen molar-refractivity contribution < 1.29 is 23.1 Å². The number of carbonyl (C=O) groups is 1. The summed E-state index contributed by atoms with van der Waals surface area (Å²) in [4.78, 5) is 12.7. The summed E-state index contributed by atoms with van der Waals surface area (Å²) in [7, 11) is 0. The lowest BCUT2D eigenvalue weighted by Gasteiger charge is -2.36. The summed E-state index contributed by atoms with van der Waals surface area (Å²) in [6, 6.07) is 5.42. The highest BCUT2D eigenvalue weighted by molar-refractivity contribution is 5.71. The van der Waals surface area contributed by atoms with Crippen molar-refractivity contribution in [2.75, 3.05) is 19.6 Å². The summed E-state index contributed by atoms with van der Waals surface area (Å²) in [5.41, 5.74) is 0.0869. The molecule has 0 saturated carbocycles. The molecular formula is C15H18F3NO2. The van der Waals surface area contributed by atoms with Crippen LogP contribution in [0.2, 0.25) is 0 Å². The van der Waals surface area contributed by atoms with Crippen LogP contribution >= 0.6 is 0 Å². The van der Waals surface area contributed by atoms with Gasteiger partial charge in [0.15, 0.2) is 0 Å². The number of benzene rings is 1. The van der Waals surface area contributed by atoms with Crippen LogP contribution in [0.3, 0.4) is 0 Å². The normalized spacial score (nSPS) is 16.7. The molecule has 0 aliphatic carbocycles. The quantitative estimate of drug-likeness (QED) is 0.821. The molecule has 116 valence electrons. The average molecular weight is 301 g/mol. The van der Waals surface area contributed by atoms with E-state index in [-0.39, 0.29) is 5.92 Å². The predicted molar refractivity (Wildman–Crippen MR) is 71.9 cm³/mol. The van der Waals surface area contributed by atoms with E-state index in [9.17, 15) is 18.0 Å². The van der Waals surface area contributed by atoms with E-state index in [1.807, 2.05) is 0 Å². The maximum absolute atomic E-state index is 12.6. The number of carboxylic acids is 1. The summed E-state index contributed by atoms with van der Waals surface area (Å²) in [6.45, 7) is 1.97. The van der Waals surface area contributed by atoms with E-state index in [1.54, 1.807) is 6.07 Å². The second-order valence-corrected chi connectivity index (χ2v) is 5.45. The van der Waals surface area contributed by atoms with Gasteiger partial charge in [-0.1, -0.05) is 18.2 Å². The Morgan fingerprint density at radius 2 is 2.00 bits per heavy atom. The van der Waals surface area contributed by atoms with Gasteiger partial charge in [0.1, 0.15) is 0 Å². The lowest BCUT2D eigenvalue weighted by atomic mass is 9.99. The van der Waals surface area contributed by atoms with Crippen molar-refractivity contribution in [1.29, 1.82) is 0 Å². The van der Waals surface area contributed by atoms with Gasteiger partial charge < -0.3 is 10.0 Å². The second kappa shape index (κ2) is 6.47. The van der Waals surface area contributed by atoms with Crippen LogP contribution in [-0.2, 0) is 17.4 Å². The number of unbranched alkanes of at least 4 members (excludes halogenated alkanes) is 1. The first kappa shape index (κ1) is 15.8. The van der Waals surface area contributed by atoms with Crippen LogP contribution in [0.1, 0.15) is 24.0 Å². The molecule has 0 spiro atoms. The molecular weight excluding hydrogens is 283 g/mol. The van der Waals surface area contributed by atoms with Gasteiger partial charge in [-0.05, 0) is 37.4 Å². The average Bonchev–Trinajstić information content (AvgIpc) is 2.35. The van der Waals surface area contributed by atoms with Crippen molar-refractivity contribution in [3.63, 3.8) is 0 Å². The lowest BCUT2D eigenvalue weighted by Crippen LogP contribution is -2.50. The van der Waals surface area contributed by atoms with Crippen LogP contribution in [0.15, 0.2) is 24.3 Å². The van der Waals surface area contributed by atoms with E-state index < -0.39 is 17.7 Å². The first-order chi connectivity index (χ1) is 9.86. The number of rotatable bonds is 6. The minimum atomic E-state index is -4.29. The summed E-state index contributed by atoms with van der Waals surface area (Å²) in [5, 5.41) is 8.74. The maximum Gasteiger partial charge on any atom is 0.416 e. The molecule has 0 atom stereocenters. The van der Waals surface area contributed by atoms with Gasteiger partial charge in [0, 0.05) is 13.1 Å². The van der Waals surface area contributed by atoms with Crippen molar-refractivity contribution in [3.8, 4) is 0 Å². The molecule has 0 bridgehead atoms. The molecule has 1 aromatic rings. The van der Waals surface area contributed by atoms with Crippen LogP contribution in [0.5, 0.6) is 0 Å². The number of carboxylic acid groups (broad SMARTS) is 1. The summed E-state index contributed by atoms with van der Waals surface area (Å²) >= 11 is 0. The third kappa shape index (κ3) is 4.46. The molecule has 21 heavy (non-hydrogen) atoms. The zero-order chi connectivity index (χ0) is 15.5. The molecule has 2 rings (SSSR count). The Bertz CT molecular complexity index is 496. The molecule has 0 radical (unpaired) electrons. The van der Waals surface area contributed by atoms with E-state index in [1.165, 1.54) is 12.1 Å². The molecule has 1 aromatic carbocycles. The van der Waals surface area contributed by atoms with Gasteiger partial charge in [0.25, 0.3) is 0 Å². The summed E-state index contributed by atoms with van der Waals surface area (Å²) < 4.78 is 37.7. The monoisotopic (exact) mass is 301 g/mol. The topological polar surface area (TPSA) is 40.5 Å². The summed E-state index contributed by atoms with van der Waals surface area (Å²) in [6.07, 6.45) is -2.02. The number of alkyl halides is 3. The molecule has 1 fully saturated rings. The zero-order valence-electron chi connectivity index (χ0n) is 11.6. The summed E-state index contributed by atoms with van der Waals surface area (Å²) in [5.74, 6) is -1.01. The zero-order valence-corrected chi connectivity index (χ0v) is 11.6. The molecule has 1 heterocycles. The number of hydrogen-bond acceptors (Lipinski definition) is 2. The van der Waals surface area contributed by atoms with E-state index in [0.717, 1.165) is 25.5 Å². The smallest absolute Gasteiger partial charge is 0.416 e. The standard InChI is InChI=1S/C15H18F3NO2/c16-15(17,18)13-6-3-5-11(8-13)4-1-2-7-19-9-12(10-19)14(20)21/h3,5-6,8,12H,1-2,4,7,9-10H2,(H,20,21). The second-order valence-electron chi connectivity index (χ2n) is 5.45. The molecule has 0 aromatic heterocycles. The number of halogens is 3. The van der Waals surface area contributed by atoms with Gasteiger partial charge >= 0.3 is 12.1 Å². The van der Waals surface area contributed by atoms with Crippen LogP contribution in [0, 0.1) is 5.92 Å². The molecule has 1 aliphatic rings. The van der Waals surface area contributed by atoms with Crippen molar-refractivity contribution in [3.05, 3.63) is 35.4 Å². The van der Waals surface area contributed by atoms with Crippen molar-refractivity contribution in [2.45, 2.75) is 25.4 Å². The highest BCUT2D eigenvalue weighted by atomic mass is 19.4. The van der Waals surface area contributed by atoms with Crippen molar-refractivity contribution in [1.82, 2.24) is 4.90 Å². The van der Waals surface area contributed by atoms with Crippen LogP contribution in [0.4, 0.5) is 13.2 Å². The Morgan fingerprint density at radius 1 is 1.29 bits per heavy atom. The molecule has 0 amide bonds. The molecule has 1 saturated heterocycles. The first-order valence-corrected chi connectivity index (χ1v) is 6.97. The van der Waals surface area contributed by atoms with Gasteiger partial charge in [0.2, 0.25) is 0 Å². The number of aryl methyl sites for hydroxylation is 1. The molecule has 1 N–H and O–H groups in total. The molecule has 6 heteroatoms. The molecule has 3 nitrogen and oxygen atoms in total. The fourth-order valence-corrected chi connectivity index (χ4v) is 2.48. The Kier molecular flexibility index (Phi) is 4.88. The van der Waals surface area contributed by atoms with Crippen molar-refractivity contribution in [2.24, 2.45) is 5.92 Å². The van der Waals surface area contributed by atoms with E-state index >= 15 is 0 Å². The number of aliphatic carboxylic acids is 1. The predicted octanol–water partition coefficient (Wildman–Crippen LogP) is 3.04. The van der Waals surface area contributed by atoms with Crippen LogP contribution in [0.25, 0.3) is 0 Å². The Morgan fingerprint density at radius 3 is 2.62 bits per heavy atom. The minimum absolute atomic E-state index is 0.256. The van der Waals surface area contributed by atoms with Crippen LogP contribution in [-0.4, -0.2) is 35.6 Å². The van der Waals surface area contributed by atoms with Crippen LogP contribution < -0.4 is 0 Å². The van der Waals surface area contributed by atoms with Crippen molar-refractivity contribution >= 4 is 5.97 Å². The third-order valence-electron chi connectivity index (χ3n) is 3.75. The van der Waals surface area contributed by atoms with E-state index in [0.29, 0.717) is 25.1 Å². The Hall–Kier alpha value is -1.56. The minimum Gasteiger partial charge on any atom is -0.481 e.